The van der Waals surface area contributed by atoms with Crippen molar-refractivity contribution in [1.29, 1.82) is 0 Å². The summed E-state index contributed by atoms with van der Waals surface area (Å²) < 4.78 is 12.1. The molecule has 2 aliphatic rings. The molecular weight excluding hydrogens is 384 g/mol. The van der Waals surface area contributed by atoms with Crippen LogP contribution in [0.25, 0.3) is 10.8 Å². The van der Waals surface area contributed by atoms with Crippen molar-refractivity contribution in [2.45, 2.75) is 13.1 Å². The highest BCUT2D eigenvalue weighted by molar-refractivity contribution is 5.81. The predicted octanol–water partition coefficient (Wildman–Crippen LogP) is 1.47. The van der Waals surface area contributed by atoms with E-state index in [2.05, 4.69) is 10.00 Å². The monoisotopic (exact) mass is 406 g/mol. The van der Waals surface area contributed by atoms with Crippen LogP contribution in [0.3, 0.4) is 0 Å². The van der Waals surface area contributed by atoms with Gasteiger partial charge in [0.05, 0.1) is 11.6 Å². The molecule has 0 aliphatic carbocycles. The van der Waals surface area contributed by atoms with Crippen LogP contribution in [0.2, 0.25) is 0 Å². The first-order chi connectivity index (χ1) is 14.7. The summed E-state index contributed by atoms with van der Waals surface area (Å²) in [5.41, 5.74) is 0.925. The Balaban J connectivity index is 1.19. The van der Waals surface area contributed by atoms with Gasteiger partial charge in [0, 0.05) is 38.1 Å². The number of nitrogens with zero attached hydrogens (tertiary/aromatic N) is 4. The van der Waals surface area contributed by atoms with Gasteiger partial charge in [0.1, 0.15) is 6.54 Å². The standard InChI is InChI=1S/C22H22N4O4/c27-21(14-26-22(28)18-4-2-1-3-17(18)12-23-26)25-9-7-24(8-10-25)13-16-5-6-19-20(11-16)30-15-29-19/h1-6,11-12H,7-10,13-15H2. The summed E-state index contributed by atoms with van der Waals surface area (Å²) in [5.74, 6) is 1.49. The third-order valence-corrected chi connectivity index (χ3v) is 5.62. The lowest BCUT2D eigenvalue weighted by Gasteiger charge is -2.34. The van der Waals surface area contributed by atoms with Gasteiger partial charge in [-0.15, -0.1) is 0 Å². The van der Waals surface area contributed by atoms with Crippen molar-refractivity contribution >= 4 is 16.7 Å². The Morgan fingerprint density at radius 3 is 2.67 bits per heavy atom. The van der Waals surface area contributed by atoms with Gasteiger partial charge in [-0.1, -0.05) is 24.3 Å². The summed E-state index contributed by atoms with van der Waals surface area (Å²) in [6.07, 6.45) is 1.63. The van der Waals surface area contributed by atoms with E-state index in [1.165, 1.54) is 4.68 Å². The molecule has 0 atom stereocenters. The summed E-state index contributed by atoms with van der Waals surface area (Å²) in [6, 6.07) is 13.3. The molecule has 0 bridgehead atoms. The molecule has 30 heavy (non-hydrogen) atoms. The Morgan fingerprint density at radius 2 is 1.80 bits per heavy atom. The topological polar surface area (TPSA) is 76.9 Å². The predicted molar refractivity (Wildman–Crippen MR) is 110 cm³/mol. The summed E-state index contributed by atoms with van der Waals surface area (Å²) in [5, 5.41) is 5.52. The van der Waals surface area contributed by atoms with Gasteiger partial charge in [-0.25, -0.2) is 4.68 Å². The highest BCUT2D eigenvalue weighted by atomic mass is 16.7. The van der Waals surface area contributed by atoms with Gasteiger partial charge in [0.2, 0.25) is 12.7 Å². The van der Waals surface area contributed by atoms with Gasteiger partial charge in [-0.3, -0.25) is 14.5 Å². The Kier molecular flexibility index (Phi) is 4.84. The average molecular weight is 406 g/mol. The highest BCUT2D eigenvalue weighted by Gasteiger charge is 2.23. The first-order valence-corrected chi connectivity index (χ1v) is 10.0. The lowest BCUT2D eigenvalue weighted by molar-refractivity contribution is -0.133. The van der Waals surface area contributed by atoms with E-state index in [1.54, 1.807) is 17.2 Å². The van der Waals surface area contributed by atoms with Crippen molar-refractivity contribution < 1.29 is 14.3 Å². The number of piperazine rings is 1. The van der Waals surface area contributed by atoms with E-state index in [1.807, 2.05) is 36.4 Å². The molecular formula is C22H22N4O4. The number of benzene rings is 2. The summed E-state index contributed by atoms with van der Waals surface area (Å²) >= 11 is 0. The van der Waals surface area contributed by atoms with E-state index in [0.717, 1.165) is 42.1 Å². The maximum atomic E-state index is 12.7. The minimum atomic E-state index is -0.233. The fourth-order valence-corrected chi connectivity index (χ4v) is 3.92. The zero-order valence-electron chi connectivity index (χ0n) is 16.5. The third-order valence-electron chi connectivity index (χ3n) is 5.62. The van der Waals surface area contributed by atoms with E-state index in [-0.39, 0.29) is 24.8 Å². The molecule has 0 unspecified atom stereocenters. The van der Waals surface area contributed by atoms with Crippen molar-refractivity contribution in [3.63, 3.8) is 0 Å². The average Bonchev–Trinajstić information content (AvgIpc) is 3.24. The van der Waals surface area contributed by atoms with Crippen LogP contribution in [0.5, 0.6) is 11.5 Å². The Labute approximate surface area is 173 Å². The third kappa shape index (κ3) is 3.61. The maximum Gasteiger partial charge on any atom is 0.275 e. The van der Waals surface area contributed by atoms with Crippen molar-refractivity contribution in [1.82, 2.24) is 19.6 Å². The Bertz CT molecular complexity index is 1150. The lowest BCUT2D eigenvalue weighted by Crippen LogP contribution is -2.49. The van der Waals surface area contributed by atoms with E-state index < -0.39 is 0 Å². The van der Waals surface area contributed by atoms with Crippen molar-refractivity contribution in [3.8, 4) is 11.5 Å². The van der Waals surface area contributed by atoms with Crippen LogP contribution in [0.15, 0.2) is 53.5 Å². The minimum absolute atomic E-state index is 0.0359. The van der Waals surface area contributed by atoms with Gasteiger partial charge in [0.15, 0.2) is 11.5 Å². The molecule has 1 fully saturated rings. The molecule has 5 rings (SSSR count). The number of hydrogen-bond acceptors (Lipinski definition) is 6. The fraction of sp³-hybridized carbons (Fsp3) is 0.318. The number of amides is 1. The quantitative estimate of drug-likeness (QED) is 0.653. The highest BCUT2D eigenvalue weighted by Crippen LogP contribution is 2.32. The second-order valence-corrected chi connectivity index (χ2v) is 7.54. The number of aromatic nitrogens is 2. The molecule has 0 N–H and O–H groups in total. The molecule has 0 radical (unpaired) electrons. The van der Waals surface area contributed by atoms with Crippen LogP contribution >= 0.6 is 0 Å². The molecule has 0 saturated carbocycles. The molecule has 3 heterocycles. The van der Waals surface area contributed by atoms with Crippen LogP contribution in [0, 0.1) is 0 Å². The zero-order valence-corrected chi connectivity index (χ0v) is 16.5. The number of carbonyl (C=O) groups is 1. The van der Waals surface area contributed by atoms with Gasteiger partial charge in [-0.05, 0) is 23.8 Å². The fourth-order valence-electron chi connectivity index (χ4n) is 3.92. The lowest BCUT2D eigenvalue weighted by atomic mass is 10.1. The molecule has 1 saturated heterocycles. The van der Waals surface area contributed by atoms with Crippen molar-refractivity contribution in [2.24, 2.45) is 0 Å². The van der Waals surface area contributed by atoms with Crippen LogP contribution in [-0.2, 0) is 17.9 Å². The van der Waals surface area contributed by atoms with Crippen LogP contribution in [0.4, 0.5) is 0 Å². The van der Waals surface area contributed by atoms with Crippen LogP contribution < -0.4 is 15.0 Å². The molecule has 3 aromatic rings. The molecule has 1 aromatic heterocycles. The molecule has 2 aromatic carbocycles. The molecule has 0 spiro atoms. The van der Waals surface area contributed by atoms with E-state index >= 15 is 0 Å². The first-order valence-electron chi connectivity index (χ1n) is 10.0. The van der Waals surface area contributed by atoms with E-state index in [4.69, 9.17) is 9.47 Å². The second kappa shape index (κ2) is 7.79. The number of fused-ring (bicyclic) bond motifs is 2. The van der Waals surface area contributed by atoms with Gasteiger partial charge in [-0.2, -0.15) is 5.10 Å². The van der Waals surface area contributed by atoms with E-state index in [9.17, 15) is 9.59 Å². The Hall–Kier alpha value is -3.39. The summed E-state index contributed by atoms with van der Waals surface area (Å²) in [4.78, 5) is 29.4. The smallest absolute Gasteiger partial charge is 0.275 e. The van der Waals surface area contributed by atoms with E-state index in [0.29, 0.717) is 18.5 Å². The number of ether oxygens (including phenoxy) is 2. The molecule has 154 valence electrons. The van der Waals surface area contributed by atoms with Gasteiger partial charge >= 0.3 is 0 Å². The van der Waals surface area contributed by atoms with Crippen LogP contribution in [0.1, 0.15) is 5.56 Å². The maximum absolute atomic E-state index is 12.7. The molecule has 1 amide bonds. The Morgan fingerprint density at radius 1 is 1.00 bits per heavy atom. The number of hydrogen-bond donors (Lipinski definition) is 0. The summed E-state index contributed by atoms with van der Waals surface area (Å²) in [6.45, 7) is 3.85. The molecule has 8 heteroatoms. The van der Waals surface area contributed by atoms with Crippen molar-refractivity contribution in [2.75, 3.05) is 33.0 Å². The molecule has 8 nitrogen and oxygen atoms in total. The second-order valence-electron chi connectivity index (χ2n) is 7.54. The largest absolute Gasteiger partial charge is 0.454 e. The number of rotatable bonds is 4. The van der Waals surface area contributed by atoms with Crippen LogP contribution in [-0.4, -0.2) is 58.5 Å². The van der Waals surface area contributed by atoms with Crippen molar-refractivity contribution in [3.05, 3.63) is 64.6 Å². The normalized spacial score (nSPS) is 16.2. The van der Waals surface area contributed by atoms with Gasteiger partial charge < -0.3 is 14.4 Å². The number of carbonyl (C=O) groups excluding carboxylic acids is 1. The zero-order chi connectivity index (χ0) is 20.5. The van der Waals surface area contributed by atoms with Gasteiger partial charge in [0.25, 0.3) is 5.56 Å². The SMILES string of the molecule is O=C(Cn1ncc2ccccc2c1=O)N1CCN(Cc2ccc3c(c2)OCO3)CC1. The molecule has 2 aliphatic heterocycles. The minimum Gasteiger partial charge on any atom is -0.454 e. The first kappa shape index (κ1) is 18.6. The summed E-state index contributed by atoms with van der Waals surface area (Å²) in [7, 11) is 0.